The number of hydrogen-bond donors (Lipinski definition) is 1. The molecule has 0 atom stereocenters. The van der Waals surface area contributed by atoms with Crippen molar-refractivity contribution in [3.05, 3.63) is 59.7 Å². The number of nitrogens with zero attached hydrogens (tertiary/aromatic N) is 2. The summed E-state index contributed by atoms with van der Waals surface area (Å²) >= 11 is 0. The van der Waals surface area contributed by atoms with E-state index in [9.17, 15) is 9.90 Å². The second-order valence-corrected chi connectivity index (χ2v) is 5.09. The van der Waals surface area contributed by atoms with Gasteiger partial charge in [-0.1, -0.05) is 30.3 Å². The lowest BCUT2D eigenvalue weighted by Crippen LogP contribution is -2.21. The first-order valence-corrected chi connectivity index (χ1v) is 7.14. The van der Waals surface area contributed by atoms with E-state index in [4.69, 9.17) is 4.74 Å². The van der Waals surface area contributed by atoms with Gasteiger partial charge in [-0.15, -0.1) is 0 Å². The Morgan fingerprint density at radius 1 is 1.13 bits per heavy atom. The molecule has 1 heterocycles. The molecule has 2 aromatic carbocycles. The van der Waals surface area contributed by atoms with Gasteiger partial charge in [0.2, 0.25) is 0 Å². The monoisotopic (exact) mass is 308 g/mol. The van der Waals surface area contributed by atoms with E-state index in [-0.39, 0.29) is 11.7 Å². The van der Waals surface area contributed by atoms with Crippen LogP contribution in [0.3, 0.4) is 0 Å². The Bertz CT molecular complexity index is 810. The van der Waals surface area contributed by atoms with Gasteiger partial charge in [0, 0.05) is 5.56 Å². The van der Waals surface area contributed by atoms with Gasteiger partial charge in [-0.3, -0.25) is 4.79 Å². The van der Waals surface area contributed by atoms with Crippen LogP contribution >= 0.6 is 0 Å². The van der Waals surface area contributed by atoms with Crippen molar-refractivity contribution in [1.29, 1.82) is 0 Å². The fourth-order valence-corrected chi connectivity index (χ4v) is 2.40. The molecule has 1 aliphatic heterocycles. The summed E-state index contributed by atoms with van der Waals surface area (Å²) in [6, 6.07) is 14.4. The molecule has 1 N–H and O–H groups in total. The van der Waals surface area contributed by atoms with Crippen molar-refractivity contribution in [2.75, 3.05) is 12.1 Å². The standard InChI is InChI=1S/C18H16N2O3/c1-12-15(11-13-7-6-10-16(23-2)17(13)21)18(22)20(19-12)14-8-4-3-5-9-14/h3-11,21H,1-2H3/b15-11+. The van der Waals surface area contributed by atoms with Gasteiger partial charge in [-0.2, -0.15) is 10.1 Å². The van der Waals surface area contributed by atoms with Gasteiger partial charge < -0.3 is 9.84 Å². The molecule has 0 fully saturated rings. The van der Waals surface area contributed by atoms with Crippen molar-refractivity contribution in [3.63, 3.8) is 0 Å². The highest BCUT2D eigenvalue weighted by Gasteiger charge is 2.28. The maximum absolute atomic E-state index is 12.6. The number of phenols is 1. The summed E-state index contributed by atoms with van der Waals surface area (Å²) in [7, 11) is 1.48. The number of phenolic OH excluding ortho intramolecular Hbond substituents is 1. The first-order chi connectivity index (χ1) is 11.1. The molecule has 116 valence electrons. The van der Waals surface area contributed by atoms with Crippen molar-refractivity contribution in [3.8, 4) is 11.5 Å². The van der Waals surface area contributed by atoms with Crippen LogP contribution in [0, 0.1) is 0 Å². The number of para-hydroxylation sites is 2. The van der Waals surface area contributed by atoms with E-state index in [1.165, 1.54) is 12.1 Å². The highest BCUT2D eigenvalue weighted by atomic mass is 16.5. The van der Waals surface area contributed by atoms with Crippen molar-refractivity contribution < 1.29 is 14.6 Å². The molecule has 5 heteroatoms. The van der Waals surface area contributed by atoms with Gasteiger partial charge in [0.1, 0.15) is 0 Å². The summed E-state index contributed by atoms with van der Waals surface area (Å²) in [6.07, 6.45) is 1.63. The number of anilines is 1. The van der Waals surface area contributed by atoms with Crippen molar-refractivity contribution in [2.24, 2.45) is 5.10 Å². The Morgan fingerprint density at radius 3 is 2.57 bits per heavy atom. The lowest BCUT2D eigenvalue weighted by molar-refractivity contribution is -0.114. The molecule has 1 aliphatic rings. The smallest absolute Gasteiger partial charge is 0.280 e. The van der Waals surface area contributed by atoms with E-state index in [1.54, 1.807) is 31.2 Å². The summed E-state index contributed by atoms with van der Waals surface area (Å²) in [5, 5.41) is 15.8. The van der Waals surface area contributed by atoms with Crippen molar-refractivity contribution >= 4 is 23.4 Å². The predicted octanol–water partition coefficient (Wildman–Crippen LogP) is 3.21. The third-order valence-corrected chi connectivity index (χ3v) is 3.61. The topological polar surface area (TPSA) is 62.1 Å². The third-order valence-electron chi connectivity index (χ3n) is 3.61. The van der Waals surface area contributed by atoms with Gasteiger partial charge in [0.05, 0.1) is 24.1 Å². The minimum absolute atomic E-state index is 0.00117. The Morgan fingerprint density at radius 2 is 1.87 bits per heavy atom. The summed E-state index contributed by atoms with van der Waals surface area (Å²) in [5.41, 5.74) is 2.26. The fourth-order valence-electron chi connectivity index (χ4n) is 2.40. The number of ether oxygens (including phenoxy) is 1. The minimum Gasteiger partial charge on any atom is -0.504 e. The molecule has 0 aromatic heterocycles. The molecular formula is C18H16N2O3. The zero-order chi connectivity index (χ0) is 16.4. The molecule has 0 aliphatic carbocycles. The molecule has 0 unspecified atom stereocenters. The number of benzene rings is 2. The molecule has 0 bridgehead atoms. The molecule has 2 aromatic rings. The molecule has 3 rings (SSSR count). The van der Waals surface area contributed by atoms with Gasteiger partial charge in [0.15, 0.2) is 11.5 Å². The maximum atomic E-state index is 12.6. The lowest BCUT2D eigenvalue weighted by atomic mass is 10.1. The normalized spacial score (nSPS) is 15.9. The van der Waals surface area contributed by atoms with Gasteiger partial charge >= 0.3 is 0 Å². The second kappa shape index (κ2) is 5.96. The molecule has 0 spiro atoms. The van der Waals surface area contributed by atoms with Crippen LogP contribution in [0.4, 0.5) is 5.69 Å². The van der Waals surface area contributed by atoms with Gasteiger partial charge in [0.25, 0.3) is 5.91 Å². The summed E-state index contributed by atoms with van der Waals surface area (Å²) < 4.78 is 5.09. The molecule has 0 radical (unpaired) electrons. The lowest BCUT2D eigenvalue weighted by Gasteiger charge is -2.11. The van der Waals surface area contributed by atoms with Gasteiger partial charge in [-0.25, -0.2) is 0 Å². The fraction of sp³-hybridized carbons (Fsp3) is 0.111. The summed E-state index contributed by atoms with van der Waals surface area (Å²) in [5.74, 6) is 0.136. The van der Waals surface area contributed by atoms with Crippen molar-refractivity contribution in [1.82, 2.24) is 0 Å². The van der Waals surface area contributed by atoms with Gasteiger partial charge in [-0.05, 0) is 31.2 Å². The van der Waals surface area contributed by atoms with E-state index >= 15 is 0 Å². The number of carbonyl (C=O) groups excluding carboxylic acids is 1. The van der Waals surface area contributed by atoms with E-state index in [1.807, 2.05) is 30.3 Å². The second-order valence-electron chi connectivity index (χ2n) is 5.09. The number of hydrazone groups is 1. The Labute approximate surface area is 134 Å². The minimum atomic E-state index is -0.226. The first kappa shape index (κ1) is 14.8. The number of carbonyl (C=O) groups is 1. The van der Waals surface area contributed by atoms with Crippen LogP contribution in [0.25, 0.3) is 6.08 Å². The largest absolute Gasteiger partial charge is 0.504 e. The van der Waals surface area contributed by atoms with Crippen LogP contribution in [-0.2, 0) is 4.79 Å². The van der Waals surface area contributed by atoms with Crippen LogP contribution in [0.5, 0.6) is 11.5 Å². The zero-order valence-electron chi connectivity index (χ0n) is 12.9. The maximum Gasteiger partial charge on any atom is 0.280 e. The zero-order valence-corrected chi connectivity index (χ0v) is 12.9. The van der Waals surface area contributed by atoms with Crippen LogP contribution in [0.1, 0.15) is 12.5 Å². The Hall–Kier alpha value is -3.08. The first-order valence-electron chi connectivity index (χ1n) is 7.14. The number of hydrogen-bond acceptors (Lipinski definition) is 4. The van der Waals surface area contributed by atoms with E-state index in [0.717, 1.165) is 0 Å². The van der Waals surface area contributed by atoms with E-state index < -0.39 is 0 Å². The predicted molar refractivity (Wildman–Crippen MR) is 89.7 cm³/mol. The summed E-state index contributed by atoms with van der Waals surface area (Å²) in [6.45, 7) is 1.77. The molecular weight excluding hydrogens is 292 g/mol. The van der Waals surface area contributed by atoms with Crippen LogP contribution in [0.2, 0.25) is 0 Å². The number of methoxy groups -OCH3 is 1. The molecule has 5 nitrogen and oxygen atoms in total. The molecule has 0 saturated carbocycles. The highest BCUT2D eigenvalue weighted by Crippen LogP contribution is 2.32. The quantitative estimate of drug-likeness (QED) is 0.886. The van der Waals surface area contributed by atoms with E-state index in [2.05, 4.69) is 5.10 Å². The van der Waals surface area contributed by atoms with Crippen LogP contribution in [0.15, 0.2) is 59.2 Å². The summed E-state index contributed by atoms with van der Waals surface area (Å²) in [4.78, 5) is 12.6. The third kappa shape index (κ3) is 2.68. The molecule has 1 amide bonds. The van der Waals surface area contributed by atoms with Crippen LogP contribution in [-0.4, -0.2) is 23.8 Å². The molecule has 0 saturated heterocycles. The van der Waals surface area contributed by atoms with Crippen LogP contribution < -0.4 is 9.75 Å². The van der Waals surface area contributed by atoms with Crippen molar-refractivity contribution in [2.45, 2.75) is 6.92 Å². The Balaban J connectivity index is 1.99. The Kier molecular flexibility index (Phi) is 3.85. The SMILES string of the molecule is COc1cccc(/C=C2/C(=O)N(c3ccccc3)N=C2C)c1O. The number of amides is 1. The highest BCUT2D eigenvalue weighted by molar-refractivity contribution is 6.32. The number of rotatable bonds is 3. The van der Waals surface area contributed by atoms with E-state index in [0.29, 0.717) is 28.3 Å². The molecule has 23 heavy (non-hydrogen) atoms. The average molecular weight is 308 g/mol. The average Bonchev–Trinajstić information content (AvgIpc) is 2.85. The number of aromatic hydroxyl groups is 1.